The van der Waals surface area contributed by atoms with Crippen molar-refractivity contribution < 1.29 is 9.13 Å². The highest BCUT2D eigenvalue weighted by Crippen LogP contribution is 2.36. The van der Waals surface area contributed by atoms with Gasteiger partial charge in [-0.3, -0.25) is 0 Å². The molecule has 0 aliphatic carbocycles. The molecule has 0 saturated carbocycles. The van der Waals surface area contributed by atoms with Gasteiger partial charge in [-0.25, -0.2) is 4.39 Å². The zero-order valence-electron chi connectivity index (χ0n) is 5.68. The topological polar surface area (TPSA) is 12.5 Å². The van der Waals surface area contributed by atoms with Gasteiger partial charge in [0.1, 0.15) is 11.9 Å². The Labute approximate surface area is 72.3 Å². The van der Waals surface area contributed by atoms with Crippen LogP contribution in [0.15, 0.2) is 22.7 Å². The standard InChI is InChI=1S/C8H6BrFO/c9-5-2-1-3-6(10)8(5)7-4-11-7/h1-3,7H,4H2/t7-/m0/s1. The molecule has 1 saturated heterocycles. The fraction of sp³-hybridized carbons (Fsp3) is 0.250. The second kappa shape index (κ2) is 2.57. The average Bonchev–Trinajstić information content (AvgIpc) is 2.70. The lowest BCUT2D eigenvalue weighted by molar-refractivity contribution is 0.407. The number of epoxide rings is 1. The lowest BCUT2D eigenvalue weighted by Crippen LogP contribution is -1.88. The van der Waals surface area contributed by atoms with Crippen LogP contribution in [-0.2, 0) is 4.74 Å². The third kappa shape index (κ3) is 1.30. The number of hydrogen-bond donors (Lipinski definition) is 0. The smallest absolute Gasteiger partial charge is 0.130 e. The van der Waals surface area contributed by atoms with Gasteiger partial charge in [-0.05, 0) is 12.1 Å². The maximum Gasteiger partial charge on any atom is 0.130 e. The molecular weight excluding hydrogens is 211 g/mol. The third-order valence-electron chi connectivity index (χ3n) is 1.66. The van der Waals surface area contributed by atoms with Crippen molar-refractivity contribution in [2.45, 2.75) is 6.10 Å². The number of hydrogen-bond acceptors (Lipinski definition) is 1. The predicted octanol–water partition coefficient (Wildman–Crippen LogP) is 2.66. The van der Waals surface area contributed by atoms with Crippen molar-refractivity contribution in [3.8, 4) is 0 Å². The lowest BCUT2D eigenvalue weighted by atomic mass is 10.1. The molecule has 0 unspecified atom stereocenters. The largest absolute Gasteiger partial charge is 0.368 e. The highest BCUT2D eigenvalue weighted by molar-refractivity contribution is 9.10. The molecule has 1 aromatic carbocycles. The van der Waals surface area contributed by atoms with E-state index in [1.54, 1.807) is 6.07 Å². The van der Waals surface area contributed by atoms with Crippen LogP contribution in [0.4, 0.5) is 4.39 Å². The van der Waals surface area contributed by atoms with Crippen LogP contribution in [0.2, 0.25) is 0 Å². The van der Waals surface area contributed by atoms with Gasteiger partial charge in [0.25, 0.3) is 0 Å². The molecule has 1 aromatic rings. The van der Waals surface area contributed by atoms with Crippen molar-refractivity contribution in [2.24, 2.45) is 0 Å². The minimum Gasteiger partial charge on any atom is -0.368 e. The Kier molecular flexibility index (Phi) is 1.69. The highest BCUT2D eigenvalue weighted by atomic mass is 79.9. The molecule has 1 aliphatic rings. The summed E-state index contributed by atoms with van der Waals surface area (Å²) in [6, 6.07) is 4.94. The van der Waals surface area contributed by atoms with Gasteiger partial charge >= 0.3 is 0 Å². The van der Waals surface area contributed by atoms with E-state index in [1.165, 1.54) is 6.07 Å². The molecule has 0 radical (unpaired) electrons. The number of benzene rings is 1. The minimum absolute atomic E-state index is 0.0226. The van der Waals surface area contributed by atoms with E-state index in [0.717, 1.165) is 4.47 Å². The van der Waals surface area contributed by atoms with E-state index in [9.17, 15) is 4.39 Å². The Balaban J connectivity index is 2.48. The van der Waals surface area contributed by atoms with Gasteiger partial charge in [-0.1, -0.05) is 22.0 Å². The van der Waals surface area contributed by atoms with Gasteiger partial charge < -0.3 is 4.74 Å². The van der Waals surface area contributed by atoms with Crippen LogP contribution in [0.3, 0.4) is 0 Å². The summed E-state index contributed by atoms with van der Waals surface area (Å²) in [5.41, 5.74) is 0.646. The highest BCUT2D eigenvalue weighted by Gasteiger charge is 2.29. The summed E-state index contributed by atoms with van der Waals surface area (Å²) in [7, 11) is 0. The fourth-order valence-electron chi connectivity index (χ4n) is 1.03. The second-order valence-corrected chi connectivity index (χ2v) is 3.31. The van der Waals surface area contributed by atoms with Crippen LogP contribution in [0.25, 0.3) is 0 Å². The first kappa shape index (κ1) is 7.25. The van der Waals surface area contributed by atoms with E-state index >= 15 is 0 Å². The first-order valence-corrected chi connectivity index (χ1v) is 4.14. The van der Waals surface area contributed by atoms with Gasteiger partial charge in [-0.15, -0.1) is 0 Å². The van der Waals surface area contributed by atoms with Crippen LogP contribution in [-0.4, -0.2) is 6.61 Å². The molecule has 0 spiro atoms. The van der Waals surface area contributed by atoms with E-state index < -0.39 is 0 Å². The number of ether oxygens (including phenoxy) is 1. The molecule has 1 aliphatic heterocycles. The summed E-state index contributed by atoms with van der Waals surface area (Å²) in [6.45, 7) is 0.638. The van der Waals surface area contributed by atoms with Crippen molar-refractivity contribution in [3.63, 3.8) is 0 Å². The first-order chi connectivity index (χ1) is 5.29. The molecule has 0 amide bonds. The molecule has 2 rings (SSSR count). The predicted molar refractivity (Wildman–Crippen MR) is 42.8 cm³/mol. The van der Waals surface area contributed by atoms with E-state index in [2.05, 4.69) is 15.9 Å². The molecule has 1 fully saturated rings. The van der Waals surface area contributed by atoms with Gasteiger partial charge in [0.05, 0.1) is 6.61 Å². The first-order valence-electron chi connectivity index (χ1n) is 3.34. The van der Waals surface area contributed by atoms with Crippen LogP contribution in [0.5, 0.6) is 0 Å². The number of halogens is 2. The minimum atomic E-state index is -0.193. The van der Waals surface area contributed by atoms with Crippen LogP contribution in [0.1, 0.15) is 11.7 Å². The molecule has 0 aromatic heterocycles. The maximum atomic E-state index is 13.0. The van der Waals surface area contributed by atoms with Gasteiger partial charge in [-0.2, -0.15) is 0 Å². The van der Waals surface area contributed by atoms with Crippen molar-refractivity contribution in [1.82, 2.24) is 0 Å². The van der Waals surface area contributed by atoms with Crippen molar-refractivity contribution in [1.29, 1.82) is 0 Å². The Morgan fingerprint density at radius 2 is 2.27 bits per heavy atom. The van der Waals surface area contributed by atoms with Crippen molar-refractivity contribution in [2.75, 3.05) is 6.61 Å². The molecule has 1 nitrogen and oxygen atoms in total. The number of rotatable bonds is 1. The van der Waals surface area contributed by atoms with Crippen LogP contribution >= 0.6 is 15.9 Å². The summed E-state index contributed by atoms with van der Waals surface area (Å²) in [6.07, 6.45) is -0.0226. The summed E-state index contributed by atoms with van der Waals surface area (Å²) in [4.78, 5) is 0. The zero-order valence-corrected chi connectivity index (χ0v) is 7.27. The van der Waals surface area contributed by atoms with Crippen LogP contribution < -0.4 is 0 Å². The molecule has 58 valence electrons. The Morgan fingerprint density at radius 3 is 2.82 bits per heavy atom. The quantitative estimate of drug-likeness (QED) is 0.658. The molecule has 1 heterocycles. The van der Waals surface area contributed by atoms with Crippen molar-refractivity contribution >= 4 is 15.9 Å². The fourth-order valence-corrected chi connectivity index (χ4v) is 1.63. The van der Waals surface area contributed by atoms with E-state index in [4.69, 9.17) is 4.74 Å². The molecule has 0 bridgehead atoms. The molecule has 3 heteroatoms. The summed E-state index contributed by atoms with van der Waals surface area (Å²) in [5.74, 6) is -0.193. The Morgan fingerprint density at radius 1 is 1.55 bits per heavy atom. The third-order valence-corrected chi connectivity index (χ3v) is 2.35. The second-order valence-electron chi connectivity index (χ2n) is 2.46. The zero-order chi connectivity index (χ0) is 7.84. The van der Waals surface area contributed by atoms with Gasteiger partial charge in [0.15, 0.2) is 0 Å². The summed E-state index contributed by atoms with van der Waals surface area (Å²) >= 11 is 3.27. The molecular formula is C8H6BrFO. The monoisotopic (exact) mass is 216 g/mol. The van der Waals surface area contributed by atoms with Gasteiger partial charge in [0, 0.05) is 10.0 Å². The van der Waals surface area contributed by atoms with E-state index in [1.807, 2.05) is 6.07 Å². The molecule has 11 heavy (non-hydrogen) atoms. The normalized spacial score (nSPS) is 21.8. The maximum absolute atomic E-state index is 13.0. The average molecular weight is 217 g/mol. The van der Waals surface area contributed by atoms with E-state index in [-0.39, 0.29) is 11.9 Å². The Hall–Kier alpha value is -0.410. The Bertz CT molecular complexity index is 263. The summed E-state index contributed by atoms with van der Waals surface area (Å²) in [5, 5.41) is 0. The van der Waals surface area contributed by atoms with Crippen LogP contribution in [0, 0.1) is 5.82 Å². The van der Waals surface area contributed by atoms with Gasteiger partial charge in [0.2, 0.25) is 0 Å². The molecule has 1 atom stereocenters. The van der Waals surface area contributed by atoms with Crippen molar-refractivity contribution in [3.05, 3.63) is 34.1 Å². The molecule has 0 N–H and O–H groups in total. The SMILES string of the molecule is Fc1cccc(Br)c1[C@@H]1CO1. The summed E-state index contributed by atoms with van der Waals surface area (Å²) < 4.78 is 18.8. The lowest BCUT2D eigenvalue weighted by Gasteiger charge is -2.00. The van der Waals surface area contributed by atoms with E-state index in [0.29, 0.717) is 12.2 Å².